The summed E-state index contributed by atoms with van der Waals surface area (Å²) in [5, 5.41) is 22.9. The molecule has 4 heteroatoms. The first-order valence-corrected chi connectivity index (χ1v) is 8.67. The van der Waals surface area contributed by atoms with Gasteiger partial charge >= 0.3 is 0 Å². The summed E-state index contributed by atoms with van der Waals surface area (Å²) in [6.45, 7) is 5.71. The Morgan fingerprint density at radius 3 is 2.04 bits per heavy atom. The second-order valence-electron chi connectivity index (χ2n) is 6.06. The number of benzene rings is 2. The standard InChI is InChI=1S/C20H22Cl2O2/c1-3-14(2)20(24,16-6-10-18(22)11-7-16)13-12-19(23)15-4-8-17(21)9-5-15/h3-11,14,19,23-24H,1,12-13H2,2H3/t14-,19+,20-/m0/s1. The second kappa shape index (κ2) is 8.17. The summed E-state index contributed by atoms with van der Waals surface area (Å²) in [6.07, 6.45) is 1.87. The molecule has 0 bridgehead atoms. The number of halogens is 2. The Morgan fingerprint density at radius 1 is 1.04 bits per heavy atom. The van der Waals surface area contributed by atoms with Crippen molar-refractivity contribution in [3.05, 3.63) is 82.4 Å². The first-order chi connectivity index (χ1) is 11.4. The van der Waals surface area contributed by atoms with Crippen LogP contribution in [0.3, 0.4) is 0 Å². The van der Waals surface area contributed by atoms with Crippen molar-refractivity contribution in [3.8, 4) is 0 Å². The Bertz CT molecular complexity index is 667. The number of hydrogen-bond donors (Lipinski definition) is 2. The molecule has 2 N–H and O–H groups in total. The summed E-state index contributed by atoms with van der Waals surface area (Å²) in [6, 6.07) is 14.2. The zero-order valence-electron chi connectivity index (χ0n) is 13.6. The Kier molecular flexibility index (Phi) is 6.47. The van der Waals surface area contributed by atoms with Crippen molar-refractivity contribution < 1.29 is 10.2 Å². The van der Waals surface area contributed by atoms with Gasteiger partial charge in [0.05, 0.1) is 11.7 Å². The van der Waals surface area contributed by atoms with Crippen LogP contribution in [0.2, 0.25) is 10.0 Å². The summed E-state index contributed by atoms with van der Waals surface area (Å²) in [7, 11) is 0. The summed E-state index contributed by atoms with van der Waals surface area (Å²) in [5.74, 6) is -0.170. The molecule has 2 nitrogen and oxygen atoms in total. The van der Waals surface area contributed by atoms with Crippen molar-refractivity contribution in [1.82, 2.24) is 0 Å². The first kappa shape index (κ1) is 19.0. The van der Waals surface area contributed by atoms with Crippen molar-refractivity contribution in [1.29, 1.82) is 0 Å². The zero-order valence-corrected chi connectivity index (χ0v) is 15.1. The lowest BCUT2D eigenvalue weighted by Gasteiger charge is -2.34. The molecular weight excluding hydrogens is 343 g/mol. The van der Waals surface area contributed by atoms with E-state index >= 15 is 0 Å². The quantitative estimate of drug-likeness (QED) is 0.635. The molecule has 0 aliphatic heterocycles. The molecule has 2 rings (SSSR count). The first-order valence-electron chi connectivity index (χ1n) is 7.91. The van der Waals surface area contributed by atoms with Crippen LogP contribution in [0.5, 0.6) is 0 Å². The summed E-state index contributed by atoms with van der Waals surface area (Å²) >= 11 is 11.8. The van der Waals surface area contributed by atoms with Crippen LogP contribution in [0.1, 0.15) is 37.0 Å². The normalized spacial score (nSPS) is 16.2. The lowest BCUT2D eigenvalue weighted by atomic mass is 9.78. The molecule has 0 unspecified atom stereocenters. The van der Waals surface area contributed by atoms with Gasteiger partial charge in [-0.2, -0.15) is 0 Å². The fourth-order valence-corrected chi connectivity index (χ4v) is 3.03. The number of aliphatic hydroxyl groups excluding tert-OH is 1. The number of aliphatic hydroxyl groups is 2. The Labute approximate surface area is 153 Å². The van der Waals surface area contributed by atoms with Crippen LogP contribution in [0.4, 0.5) is 0 Å². The minimum Gasteiger partial charge on any atom is -0.388 e. The maximum Gasteiger partial charge on any atom is 0.0957 e. The van der Waals surface area contributed by atoms with Crippen LogP contribution < -0.4 is 0 Å². The van der Waals surface area contributed by atoms with Gasteiger partial charge in [0, 0.05) is 16.0 Å². The van der Waals surface area contributed by atoms with E-state index in [1.807, 2.05) is 19.1 Å². The molecule has 24 heavy (non-hydrogen) atoms. The average Bonchev–Trinajstić information content (AvgIpc) is 2.59. The molecule has 0 amide bonds. The molecule has 0 aromatic heterocycles. The van der Waals surface area contributed by atoms with E-state index in [1.54, 1.807) is 42.5 Å². The smallest absolute Gasteiger partial charge is 0.0957 e. The lowest BCUT2D eigenvalue weighted by Crippen LogP contribution is -2.33. The maximum absolute atomic E-state index is 11.2. The highest BCUT2D eigenvalue weighted by molar-refractivity contribution is 6.30. The molecule has 0 fully saturated rings. The van der Waals surface area contributed by atoms with Gasteiger partial charge in [0.15, 0.2) is 0 Å². The fourth-order valence-electron chi connectivity index (χ4n) is 2.78. The largest absolute Gasteiger partial charge is 0.388 e. The van der Waals surface area contributed by atoms with Gasteiger partial charge in [-0.25, -0.2) is 0 Å². The van der Waals surface area contributed by atoms with Crippen LogP contribution in [0.25, 0.3) is 0 Å². The van der Waals surface area contributed by atoms with Crippen molar-refractivity contribution in [2.24, 2.45) is 5.92 Å². The van der Waals surface area contributed by atoms with E-state index in [0.29, 0.717) is 22.9 Å². The minimum atomic E-state index is -1.11. The van der Waals surface area contributed by atoms with Gasteiger partial charge < -0.3 is 10.2 Å². The van der Waals surface area contributed by atoms with Gasteiger partial charge in [0.1, 0.15) is 0 Å². The predicted molar refractivity (Wildman–Crippen MR) is 100 cm³/mol. The van der Waals surface area contributed by atoms with Crippen LogP contribution in [-0.4, -0.2) is 10.2 Å². The van der Waals surface area contributed by atoms with Crippen LogP contribution in [0.15, 0.2) is 61.2 Å². The third-order valence-electron chi connectivity index (χ3n) is 4.50. The Balaban J connectivity index is 2.18. The summed E-state index contributed by atoms with van der Waals surface area (Å²) < 4.78 is 0. The van der Waals surface area contributed by atoms with Gasteiger partial charge in [0.25, 0.3) is 0 Å². The van der Waals surface area contributed by atoms with Gasteiger partial charge in [-0.1, -0.05) is 60.5 Å². The molecule has 2 aromatic carbocycles. The van der Waals surface area contributed by atoms with Crippen LogP contribution >= 0.6 is 23.2 Å². The monoisotopic (exact) mass is 364 g/mol. The van der Waals surface area contributed by atoms with Gasteiger partial charge in [0.2, 0.25) is 0 Å². The molecule has 0 aliphatic rings. The zero-order chi connectivity index (χ0) is 17.7. The fraction of sp³-hybridized carbons (Fsp3) is 0.300. The summed E-state index contributed by atoms with van der Waals surface area (Å²) in [5.41, 5.74) is 0.437. The third kappa shape index (κ3) is 4.40. The van der Waals surface area contributed by atoms with E-state index in [-0.39, 0.29) is 5.92 Å². The van der Waals surface area contributed by atoms with E-state index in [1.165, 1.54) is 0 Å². The SMILES string of the molecule is C=C[C@H](C)[C@@](O)(CC[C@@H](O)c1ccc(Cl)cc1)c1ccc(Cl)cc1. The molecule has 0 heterocycles. The van der Waals surface area contributed by atoms with Gasteiger partial charge in [-0.05, 0) is 48.2 Å². The summed E-state index contributed by atoms with van der Waals surface area (Å²) in [4.78, 5) is 0. The minimum absolute atomic E-state index is 0.170. The predicted octanol–water partition coefficient (Wildman–Crippen LogP) is 5.52. The van der Waals surface area contributed by atoms with E-state index in [2.05, 4.69) is 6.58 Å². The van der Waals surface area contributed by atoms with Crippen molar-refractivity contribution >= 4 is 23.2 Å². The van der Waals surface area contributed by atoms with Crippen LogP contribution in [-0.2, 0) is 5.60 Å². The highest BCUT2D eigenvalue weighted by Gasteiger charge is 2.34. The molecule has 0 radical (unpaired) electrons. The molecule has 3 atom stereocenters. The van der Waals surface area contributed by atoms with E-state index < -0.39 is 11.7 Å². The Morgan fingerprint density at radius 2 is 1.54 bits per heavy atom. The molecule has 0 spiro atoms. The average molecular weight is 365 g/mol. The lowest BCUT2D eigenvalue weighted by molar-refractivity contribution is -0.0203. The second-order valence-corrected chi connectivity index (χ2v) is 6.93. The van der Waals surface area contributed by atoms with E-state index in [9.17, 15) is 10.2 Å². The molecule has 0 saturated heterocycles. The molecule has 128 valence electrons. The van der Waals surface area contributed by atoms with Crippen molar-refractivity contribution in [2.75, 3.05) is 0 Å². The number of rotatable bonds is 7. The van der Waals surface area contributed by atoms with Crippen molar-refractivity contribution in [2.45, 2.75) is 31.5 Å². The van der Waals surface area contributed by atoms with Gasteiger partial charge in [-0.3, -0.25) is 0 Å². The highest BCUT2D eigenvalue weighted by atomic mass is 35.5. The highest BCUT2D eigenvalue weighted by Crippen LogP contribution is 2.37. The maximum atomic E-state index is 11.2. The van der Waals surface area contributed by atoms with Gasteiger partial charge in [-0.15, -0.1) is 6.58 Å². The topological polar surface area (TPSA) is 40.5 Å². The van der Waals surface area contributed by atoms with Crippen molar-refractivity contribution in [3.63, 3.8) is 0 Å². The molecular formula is C20H22Cl2O2. The molecule has 0 aliphatic carbocycles. The molecule has 0 saturated carbocycles. The van der Waals surface area contributed by atoms with E-state index in [0.717, 1.165) is 11.1 Å². The molecule has 2 aromatic rings. The Hall–Kier alpha value is -1.32. The van der Waals surface area contributed by atoms with E-state index in [4.69, 9.17) is 23.2 Å². The number of hydrogen-bond acceptors (Lipinski definition) is 2. The van der Waals surface area contributed by atoms with Crippen LogP contribution in [0, 0.1) is 5.92 Å². The third-order valence-corrected chi connectivity index (χ3v) is 5.01.